The number of H-pyrrole nitrogens is 1. The Morgan fingerprint density at radius 2 is 2.24 bits per heavy atom. The maximum Gasteiger partial charge on any atom is 0.226 e. The van der Waals surface area contributed by atoms with Crippen molar-refractivity contribution in [2.75, 3.05) is 5.32 Å². The Hall–Kier alpha value is -3.55. The van der Waals surface area contributed by atoms with Gasteiger partial charge in [-0.15, -0.1) is 0 Å². The van der Waals surface area contributed by atoms with Crippen LogP contribution in [0, 0.1) is 0 Å². The molecule has 1 unspecified atom stereocenters. The van der Waals surface area contributed by atoms with E-state index in [1.54, 1.807) is 16.9 Å². The summed E-state index contributed by atoms with van der Waals surface area (Å²) in [4.78, 5) is 20.6. The summed E-state index contributed by atoms with van der Waals surface area (Å²) in [5.41, 5.74) is 4.52. The zero-order valence-corrected chi connectivity index (χ0v) is 13.0. The first-order valence-corrected chi connectivity index (χ1v) is 7.87. The summed E-state index contributed by atoms with van der Waals surface area (Å²) < 4.78 is 1.70. The molecule has 0 aliphatic carbocycles. The van der Waals surface area contributed by atoms with Gasteiger partial charge in [0.2, 0.25) is 5.91 Å². The van der Waals surface area contributed by atoms with Crippen molar-refractivity contribution in [3.8, 4) is 11.3 Å². The number of carbonyl (C=O) groups is 1. The van der Waals surface area contributed by atoms with Gasteiger partial charge in [0.1, 0.15) is 6.33 Å². The van der Waals surface area contributed by atoms with E-state index in [1.165, 1.54) is 6.33 Å². The van der Waals surface area contributed by atoms with Gasteiger partial charge in [-0.1, -0.05) is 0 Å². The van der Waals surface area contributed by atoms with E-state index in [1.807, 2.05) is 30.5 Å². The number of nitrogens with one attached hydrogen (secondary N) is 2. The van der Waals surface area contributed by atoms with Crippen LogP contribution in [-0.2, 0) is 4.79 Å². The molecule has 0 saturated carbocycles. The number of rotatable bonds is 2. The molecule has 1 amide bonds. The molecular weight excluding hydrogens is 318 g/mol. The van der Waals surface area contributed by atoms with E-state index in [2.05, 4.69) is 30.6 Å². The van der Waals surface area contributed by atoms with Gasteiger partial charge in [-0.3, -0.25) is 14.9 Å². The number of aromatic amines is 1. The molecule has 4 aromatic heterocycles. The largest absolute Gasteiger partial charge is 0.309 e. The normalized spacial score (nSPS) is 16.6. The predicted molar refractivity (Wildman–Crippen MR) is 89.9 cm³/mol. The SMILES string of the molecule is O=C1CC(c2ccn3ncnc3c2)c2c(n[nH]c2-c2cccnc2)N1. The lowest BCUT2D eigenvalue weighted by Crippen LogP contribution is -2.23. The molecule has 8 nitrogen and oxygen atoms in total. The van der Waals surface area contributed by atoms with Crippen molar-refractivity contribution in [2.45, 2.75) is 12.3 Å². The summed E-state index contributed by atoms with van der Waals surface area (Å²) in [6, 6.07) is 7.77. The predicted octanol–water partition coefficient (Wildman–Crippen LogP) is 1.99. The second-order valence-electron chi connectivity index (χ2n) is 5.93. The maximum atomic E-state index is 12.2. The lowest BCUT2D eigenvalue weighted by molar-refractivity contribution is -0.116. The Bertz CT molecular complexity index is 1080. The van der Waals surface area contributed by atoms with Crippen LogP contribution < -0.4 is 5.32 Å². The summed E-state index contributed by atoms with van der Waals surface area (Å²) in [6.07, 6.45) is 7.22. The van der Waals surface area contributed by atoms with Crippen LogP contribution in [0.5, 0.6) is 0 Å². The minimum absolute atomic E-state index is 0.0527. The Morgan fingerprint density at radius 1 is 1.28 bits per heavy atom. The summed E-state index contributed by atoms with van der Waals surface area (Å²) >= 11 is 0. The molecule has 122 valence electrons. The van der Waals surface area contributed by atoms with Crippen LogP contribution >= 0.6 is 0 Å². The standard InChI is InChI=1S/C17H13N7O/c25-14-7-12(10-3-5-24-13(6-10)19-9-20-24)15-16(22-23-17(15)21-14)11-2-1-4-18-8-11/h1-6,8-9,12H,7H2,(H2,21,22,23,25). The Balaban J connectivity index is 1.69. The van der Waals surface area contributed by atoms with E-state index >= 15 is 0 Å². The topological polar surface area (TPSA) is 101 Å². The Kier molecular flexibility index (Phi) is 2.90. The second kappa shape index (κ2) is 5.23. The molecule has 1 atom stereocenters. The van der Waals surface area contributed by atoms with Gasteiger partial charge >= 0.3 is 0 Å². The van der Waals surface area contributed by atoms with E-state index in [-0.39, 0.29) is 11.8 Å². The van der Waals surface area contributed by atoms with Crippen molar-refractivity contribution in [3.63, 3.8) is 0 Å². The number of hydrogen-bond donors (Lipinski definition) is 2. The lowest BCUT2D eigenvalue weighted by atomic mass is 9.85. The summed E-state index contributed by atoms with van der Waals surface area (Å²) in [6.45, 7) is 0. The zero-order valence-electron chi connectivity index (χ0n) is 13.0. The van der Waals surface area contributed by atoms with Gasteiger partial charge < -0.3 is 5.32 Å². The minimum atomic E-state index is -0.112. The average Bonchev–Trinajstić information content (AvgIpc) is 3.27. The highest BCUT2D eigenvalue weighted by Crippen LogP contribution is 2.41. The van der Waals surface area contributed by atoms with E-state index in [9.17, 15) is 4.79 Å². The van der Waals surface area contributed by atoms with E-state index in [4.69, 9.17) is 0 Å². The smallest absolute Gasteiger partial charge is 0.226 e. The molecule has 1 aliphatic rings. The third kappa shape index (κ3) is 2.18. The molecule has 0 aromatic carbocycles. The number of aromatic nitrogens is 6. The zero-order chi connectivity index (χ0) is 16.8. The summed E-state index contributed by atoms with van der Waals surface area (Å²) in [5.74, 6) is 0.406. The van der Waals surface area contributed by atoms with Crippen LogP contribution in [-0.4, -0.2) is 35.7 Å². The third-order valence-electron chi connectivity index (χ3n) is 4.46. The number of hydrogen-bond acceptors (Lipinski definition) is 5. The fourth-order valence-electron chi connectivity index (χ4n) is 3.32. The number of carbonyl (C=O) groups excluding carboxylic acids is 1. The fraction of sp³-hybridized carbons (Fsp3) is 0.118. The van der Waals surface area contributed by atoms with Gasteiger partial charge in [-0.2, -0.15) is 10.2 Å². The highest BCUT2D eigenvalue weighted by molar-refractivity contribution is 5.96. The Morgan fingerprint density at radius 3 is 3.12 bits per heavy atom. The highest BCUT2D eigenvalue weighted by Gasteiger charge is 2.32. The number of pyridine rings is 2. The Labute approximate surface area is 141 Å². The van der Waals surface area contributed by atoms with E-state index in [0.717, 1.165) is 28.0 Å². The van der Waals surface area contributed by atoms with Crippen LogP contribution in [0.2, 0.25) is 0 Å². The molecule has 4 aromatic rings. The molecule has 0 radical (unpaired) electrons. The van der Waals surface area contributed by atoms with Crippen LogP contribution in [0.15, 0.2) is 49.2 Å². The van der Waals surface area contributed by atoms with Gasteiger partial charge in [-0.25, -0.2) is 9.50 Å². The molecule has 2 N–H and O–H groups in total. The van der Waals surface area contributed by atoms with E-state index < -0.39 is 0 Å². The molecule has 0 bridgehead atoms. The van der Waals surface area contributed by atoms with Crippen molar-refractivity contribution in [1.82, 2.24) is 29.8 Å². The first-order valence-electron chi connectivity index (χ1n) is 7.87. The summed E-state index contributed by atoms with van der Waals surface area (Å²) in [5, 5.41) is 14.3. The molecule has 5 rings (SSSR count). The van der Waals surface area contributed by atoms with Crippen LogP contribution in [0.1, 0.15) is 23.5 Å². The van der Waals surface area contributed by atoms with Crippen LogP contribution in [0.4, 0.5) is 5.82 Å². The number of fused-ring (bicyclic) bond motifs is 2. The van der Waals surface area contributed by atoms with Crippen LogP contribution in [0.3, 0.4) is 0 Å². The van der Waals surface area contributed by atoms with Gasteiger partial charge in [0, 0.05) is 42.1 Å². The van der Waals surface area contributed by atoms with E-state index in [0.29, 0.717) is 12.2 Å². The number of nitrogens with zero attached hydrogens (tertiary/aromatic N) is 5. The molecule has 0 saturated heterocycles. The van der Waals surface area contributed by atoms with Crippen LogP contribution in [0.25, 0.3) is 16.9 Å². The molecule has 1 aliphatic heterocycles. The average molecular weight is 331 g/mol. The van der Waals surface area contributed by atoms with Gasteiger partial charge in [-0.05, 0) is 29.8 Å². The third-order valence-corrected chi connectivity index (χ3v) is 4.46. The first-order chi connectivity index (χ1) is 12.3. The molecular formula is C17H13N7O. The van der Waals surface area contributed by atoms with Crippen molar-refractivity contribution in [1.29, 1.82) is 0 Å². The number of amides is 1. The monoisotopic (exact) mass is 331 g/mol. The molecule has 0 fully saturated rings. The highest BCUT2D eigenvalue weighted by atomic mass is 16.1. The van der Waals surface area contributed by atoms with Gasteiger partial charge in [0.05, 0.1) is 5.69 Å². The van der Waals surface area contributed by atoms with Crippen molar-refractivity contribution < 1.29 is 4.79 Å². The summed E-state index contributed by atoms with van der Waals surface area (Å²) in [7, 11) is 0. The second-order valence-corrected chi connectivity index (χ2v) is 5.93. The molecule has 0 spiro atoms. The van der Waals surface area contributed by atoms with Crippen molar-refractivity contribution in [2.24, 2.45) is 0 Å². The quantitative estimate of drug-likeness (QED) is 0.585. The fourth-order valence-corrected chi connectivity index (χ4v) is 3.32. The molecule has 5 heterocycles. The number of anilines is 1. The van der Waals surface area contributed by atoms with Gasteiger partial charge in [0.15, 0.2) is 11.5 Å². The van der Waals surface area contributed by atoms with Crippen molar-refractivity contribution in [3.05, 3.63) is 60.3 Å². The first kappa shape index (κ1) is 13.8. The maximum absolute atomic E-state index is 12.2. The molecule has 8 heteroatoms. The lowest BCUT2D eigenvalue weighted by Gasteiger charge is -2.23. The minimum Gasteiger partial charge on any atom is -0.309 e. The van der Waals surface area contributed by atoms with Gasteiger partial charge in [0.25, 0.3) is 0 Å². The molecule has 25 heavy (non-hydrogen) atoms. The van der Waals surface area contributed by atoms with Crippen molar-refractivity contribution >= 4 is 17.4 Å².